The van der Waals surface area contributed by atoms with Crippen LogP contribution in [0.15, 0.2) is 72.5 Å². The lowest BCUT2D eigenvalue weighted by molar-refractivity contribution is 0.0729. The van der Waals surface area contributed by atoms with Crippen molar-refractivity contribution in [2.45, 2.75) is 6.92 Å². The lowest BCUT2D eigenvalue weighted by Crippen LogP contribution is -2.10. The Bertz CT molecular complexity index is 1120. The summed E-state index contributed by atoms with van der Waals surface area (Å²) in [5.41, 5.74) is 1.70. The zero-order valence-electron chi connectivity index (χ0n) is 14.9. The zero-order chi connectivity index (χ0) is 19.7. The molecule has 5 heteroatoms. The highest BCUT2D eigenvalue weighted by atomic mass is 19.1. The Labute approximate surface area is 160 Å². The second-order valence-electron chi connectivity index (χ2n) is 6.33. The molecule has 0 radical (unpaired) electrons. The highest BCUT2D eigenvalue weighted by Gasteiger charge is 2.30. The predicted molar refractivity (Wildman–Crippen MR) is 102 cm³/mol. The lowest BCUT2D eigenvalue weighted by atomic mass is 10.0. The summed E-state index contributed by atoms with van der Waals surface area (Å²) in [6, 6.07) is 17.9. The molecule has 0 spiro atoms. The van der Waals surface area contributed by atoms with Gasteiger partial charge in [0.25, 0.3) is 0 Å². The first-order chi connectivity index (χ1) is 13.5. The fourth-order valence-electron chi connectivity index (χ4n) is 3.03. The van der Waals surface area contributed by atoms with Crippen molar-refractivity contribution < 1.29 is 23.5 Å². The van der Waals surface area contributed by atoms with Gasteiger partial charge in [-0.3, -0.25) is 4.79 Å². The average Bonchev–Trinajstić information content (AvgIpc) is 2.98. The molecule has 138 valence electrons. The van der Waals surface area contributed by atoms with Crippen molar-refractivity contribution in [3.05, 3.63) is 101 Å². The van der Waals surface area contributed by atoms with Gasteiger partial charge in [-0.2, -0.15) is 0 Å². The molecule has 0 saturated carbocycles. The van der Waals surface area contributed by atoms with Crippen LogP contribution in [0.5, 0.6) is 11.5 Å². The van der Waals surface area contributed by atoms with Crippen LogP contribution >= 0.6 is 0 Å². The summed E-state index contributed by atoms with van der Waals surface area (Å²) in [6.07, 6.45) is 1.66. The van der Waals surface area contributed by atoms with E-state index in [-0.39, 0.29) is 22.9 Å². The molecule has 0 aromatic heterocycles. The number of hydrogen-bond acceptors (Lipinski definition) is 4. The van der Waals surface area contributed by atoms with Gasteiger partial charge in [-0.15, -0.1) is 0 Å². The monoisotopic (exact) mass is 374 g/mol. The molecule has 4 nitrogen and oxygen atoms in total. The second-order valence-corrected chi connectivity index (χ2v) is 6.33. The van der Waals surface area contributed by atoms with Crippen LogP contribution in [0.3, 0.4) is 0 Å². The molecule has 3 aromatic carbocycles. The van der Waals surface area contributed by atoms with Gasteiger partial charge in [-0.05, 0) is 42.3 Å². The highest BCUT2D eigenvalue weighted by Crippen LogP contribution is 2.37. The summed E-state index contributed by atoms with van der Waals surface area (Å²) >= 11 is 0. The fraction of sp³-hybridized carbons (Fsp3) is 0.0435. The van der Waals surface area contributed by atoms with Gasteiger partial charge in [0.05, 0.1) is 11.1 Å². The minimum Gasteiger partial charge on any atom is -0.452 e. The van der Waals surface area contributed by atoms with Crippen molar-refractivity contribution in [1.29, 1.82) is 0 Å². The number of carbonyl (C=O) groups excluding carboxylic acids is 2. The SMILES string of the molecule is Cc1cc(OC(=O)c2ccccc2F)cc2c1C(=O)/C(=C/c1ccccc1)O2. The first kappa shape index (κ1) is 17.7. The zero-order valence-corrected chi connectivity index (χ0v) is 14.9. The number of ether oxygens (including phenoxy) is 2. The number of fused-ring (bicyclic) bond motifs is 1. The number of carbonyl (C=O) groups is 2. The van der Waals surface area contributed by atoms with Crippen molar-refractivity contribution in [3.63, 3.8) is 0 Å². The second kappa shape index (κ2) is 7.12. The first-order valence-electron chi connectivity index (χ1n) is 8.63. The largest absolute Gasteiger partial charge is 0.452 e. The minimum absolute atomic E-state index is 0.165. The molecule has 3 aromatic rings. The van der Waals surface area contributed by atoms with Crippen LogP contribution in [0.1, 0.15) is 31.8 Å². The molecule has 28 heavy (non-hydrogen) atoms. The van der Waals surface area contributed by atoms with Gasteiger partial charge < -0.3 is 9.47 Å². The molecule has 0 unspecified atom stereocenters. The van der Waals surface area contributed by atoms with E-state index < -0.39 is 11.8 Å². The van der Waals surface area contributed by atoms with Crippen LogP contribution in [0.25, 0.3) is 6.08 Å². The molecule has 0 saturated heterocycles. The van der Waals surface area contributed by atoms with Gasteiger partial charge >= 0.3 is 5.97 Å². The van der Waals surface area contributed by atoms with Crippen molar-refractivity contribution >= 4 is 17.8 Å². The summed E-state index contributed by atoms with van der Waals surface area (Å²) in [5.74, 6) is -1.03. The van der Waals surface area contributed by atoms with Crippen LogP contribution < -0.4 is 9.47 Å². The normalized spacial score (nSPS) is 13.9. The summed E-state index contributed by atoms with van der Waals surface area (Å²) < 4.78 is 24.8. The quantitative estimate of drug-likeness (QED) is 0.369. The lowest BCUT2D eigenvalue weighted by Gasteiger charge is -2.08. The van der Waals surface area contributed by atoms with Gasteiger partial charge in [0, 0.05) is 6.07 Å². The number of allylic oxidation sites excluding steroid dienone is 1. The van der Waals surface area contributed by atoms with Crippen molar-refractivity contribution in [2.24, 2.45) is 0 Å². The number of halogens is 1. The third-order valence-electron chi connectivity index (χ3n) is 4.35. The van der Waals surface area contributed by atoms with Crippen molar-refractivity contribution in [3.8, 4) is 11.5 Å². The van der Waals surface area contributed by atoms with Crippen molar-refractivity contribution in [1.82, 2.24) is 0 Å². The Balaban J connectivity index is 1.63. The average molecular weight is 374 g/mol. The minimum atomic E-state index is -0.818. The summed E-state index contributed by atoms with van der Waals surface area (Å²) in [6.45, 7) is 1.73. The standard InChI is InChI=1S/C23H15FO4/c1-14-11-16(27-23(26)17-9-5-6-10-18(17)24)13-19-21(14)22(25)20(28-19)12-15-7-3-2-4-8-15/h2-13H,1H3/b20-12-. The Kier molecular flexibility index (Phi) is 4.49. The van der Waals surface area contributed by atoms with Crippen LogP contribution in [0, 0.1) is 12.7 Å². The molecular formula is C23H15FO4. The summed E-state index contributed by atoms with van der Waals surface area (Å²) in [4.78, 5) is 24.9. The molecule has 0 N–H and O–H groups in total. The number of rotatable bonds is 3. The van der Waals surface area contributed by atoms with Gasteiger partial charge in [0.1, 0.15) is 17.3 Å². The molecule has 0 atom stereocenters. The van der Waals surface area contributed by atoms with Crippen LogP contribution in [-0.4, -0.2) is 11.8 Å². The summed E-state index contributed by atoms with van der Waals surface area (Å²) in [5, 5.41) is 0. The first-order valence-corrected chi connectivity index (χ1v) is 8.63. The molecule has 0 aliphatic carbocycles. The van der Waals surface area contributed by atoms with E-state index in [1.165, 1.54) is 24.3 Å². The number of benzene rings is 3. The van der Waals surface area contributed by atoms with E-state index in [1.807, 2.05) is 30.3 Å². The molecule has 0 amide bonds. The van der Waals surface area contributed by atoms with Gasteiger partial charge in [0.2, 0.25) is 5.78 Å². The topological polar surface area (TPSA) is 52.6 Å². The molecule has 0 fully saturated rings. The Morgan fingerprint density at radius 1 is 1.04 bits per heavy atom. The van der Waals surface area contributed by atoms with E-state index in [9.17, 15) is 14.0 Å². The maximum Gasteiger partial charge on any atom is 0.346 e. The fourth-order valence-corrected chi connectivity index (χ4v) is 3.03. The van der Waals surface area contributed by atoms with E-state index in [1.54, 1.807) is 25.1 Å². The third-order valence-corrected chi connectivity index (χ3v) is 4.35. The van der Waals surface area contributed by atoms with Crippen molar-refractivity contribution in [2.75, 3.05) is 0 Å². The van der Waals surface area contributed by atoms with Crippen LogP contribution in [0.4, 0.5) is 4.39 Å². The number of ketones is 1. The van der Waals surface area contributed by atoms with E-state index in [0.29, 0.717) is 16.9 Å². The molecular weight excluding hydrogens is 359 g/mol. The van der Waals surface area contributed by atoms with Crippen LogP contribution in [-0.2, 0) is 0 Å². The van der Waals surface area contributed by atoms with Crippen LogP contribution in [0.2, 0.25) is 0 Å². The smallest absolute Gasteiger partial charge is 0.346 e. The van der Waals surface area contributed by atoms with Gasteiger partial charge in [0.15, 0.2) is 5.76 Å². The maximum absolute atomic E-state index is 13.8. The molecule has 1 aliphatic heterocycles. The number of aryl methyl sites for hydroxylation is 1. The number of esters is 1. The molecule has 1 heterocycles. The van der Waals surface area contributed by atoms with Gasteiger partial charge in [-0.25, -0.2) is 9.18 Å². The number of hydrogen-bond donors (Lipinski definition) is 0. The highest BCUT2D eigenvalue weighted by molar-refractivity contribution is 6.15. The third kappa shape index (κ3) is 3.30. The predicted octanol–water partition coefficient (Wildman–Crippen LogP) is 4.97. The van der Waals surface area contributed by atoms with E-state index in [4.69, 9.17) is 9.47 Å². The number of Topliss-reactive ketones (excluding diaryl/α,β-unsaturated/α-hetero) is 1. The maximum atomic E-state index is 13.8. The molecule has 4 rings (SSSR count). The molecule has 1 aliphatic rings. The molecule has 0 bridgehead atoms. The Morgan fingerprint density at radius 3 is 2.50 bits per heavy atom. The van der Waals surface area contributed by atoms with E-state index >= 15 is 0 Å². The van der Waals surface area contributed by atoms with E-state index in [2.05, 4.69) is 0 Å². The van der Waals surface area contributed by atoms with E-state index in [0.717, 1.165) is 5.56 Å². The summed E-state index contributed by atoms with van der Waals surface area (Å²) in [7, 11) is 0. The Hall–Kier alpha value is -3.73. The van der Waals surface area contributed by atoms with Gasteiger partial charge in [-0.1, -0.05) is 42.5 Å². The Morgan fingerprint density at radius 2 is 1.75 bits per heavy atom.